The molecule has 0 heterocycles. The van der Waals surface area contributed by atoms with Crippen molar-refractivity contribution in [1.29, 1.82) is 0 Å². The van der Waals surface area contributed by atoms with Crippen molar-refractivity contribution in [2.24, 2.45) is 28.6 Å². The van der Waals surface area contributed by atoms with Gasteiger partial charge in [-0.1, -0.05) is 19.8 Å². The fraction of sp³-hybridized carbons (Fsp3) is 1.00. The Balaban J connectivity index is 1.54. The Labute approximate surface area is 68.4 Å². The first-order valence-electron chi connectivity index (χ1n) is 5.37. The molecule has 0 aromatic heterocycles. The lowest BCUT2D eigenvalue weighted by atomic mass is 9.56. The summed E-state index contributed by atoms with van der Waals surface area (Å²) in [5.74, 6) is 3.78. The first kappa shape index (κ1) is 5.61. The highest BCUT2D eigenvalue weighted by Crippen LogP contribution is 3.11. The fourth-order valence-corrected chi connectivity index (χ4v) is 5.12. The average molecular weight is 148 g/mol. The lowest BCUT2D eigenvalue weighted by molar-refractivity contribution is -0.00509. The van der Waals surface area contributed by atoms with Crippen molar-refractivity contribution in [2.45, 2.75) is 39.0 Å². The Morgan fingerprint density at radius 2 is 2.36 bits per heavy atom. The van der Waals surface area contributed by atoms with Gasteiger partial charge >= 0.3 is 0 Å². The smallest absolute Gasteiger partial charge is 0.0165 e. The molecule has 0 N–H and O–H groups in total. The standard InChI is InChI=1S/C11H16/c1-2-3-4-8-7-5-10-6-11(8,10)9(7)10/h7-9H,2-6H2,1H3. The third-order valence-electron chi connectivity index (χ3n) is 5.55. The second-order valence-electron chi connectivity index (χ2n) is 5.47. The normalized spacial score (nSPS) is 72.3. The Morgan fingerprint density at radius 3 is 2.82 bits per heavy atom. The molecule has 2 spiro atoms. The maximum atomic E-state index is 2.33. The molecule has 4 fully saturated rings. The van der Waals surface area contributed by atoms with Crippen LogP contribution < -0.4 is 0 Å². The molecule has 11 heavy (non-hydrogen) atoms. The van der Waals surface area contributed by atoms with E-state index < -0.39 is 0 Å². The molecule has 0 aromatic rings. The van der Waals surface area contributed by atoms with Gasteiger partial charge in [-0.3, -0.25) is 0 Å². The van der Waals surface area contributed by atoms with Crippen molar-refractivity contribution in [1.82, 2.24) is 0 Å². The third-order valence-corrected chi connectivity index (χ3v) is 5.55. The Kier molecular flexibility index (Phi) is 0.611. The van der Waals surface area contributed by atoms with Crippen LogP contribution in [-0.2, 0) is 0 Å². The highest BCUT2D eigenvalue weighted by molar-refractivity contribution is 5.53. The van der Waals surface area contributed by atoms with E-state index in [1.807, 2.05) is 0 Å². The van der Waals surface area contributed by atoms with Gasteiger partial charge in [0, 0.05) is 0 Å². The summed E-state index contributed by atoms with van der Waals surface area (Å²) in [6.07, 6.45) is 7.82. The van der Waals surface area contributed by atoms with E-state index >= 15 is 0 Å². The minimum Gasteiger partial charge on any atom is -0.0654 e. The maximum absolute atomic E-state index is 2.33. The zero-order chi connectivity index (χ0) is 7.27. The molecule has 0 radical (unpaired) electrons. The van der Waals surface area contributed by atoms with E-state index in [-0.39, 0.29) is 0 Å². The first-order chi connectivity index (χ1) is 5.37. The van der Waals surface area contributed by atoms with Gasteiger partial charge in [0.15, 0.2) is 0 Å². The minimum atomic E-state index is 1.03. The summed E-state index contributed by atoms with van der Waals surface area (Å²) in [6, 6.07) is 0. The predicted octanol–water partition coefficient (Wildman–Crippen LogP) is 2.83. The first-order valence-corrected chi connectivity index (χ1v) is 5.37. The minimum absolute atomic E-state index is 1.03. The summed E-state index contributed by atoms with van der Waals surface area (Å²) in [4.78, 5) is 0. The molecule has 60 valence electrons. The number of rotatable bonds is 3. The van der Waals surface area contributed by atoms with E-state index in [0.29, 0.717) is 0 Å². The van der Waals surface area contributed by atoms with E-state index in [1.165, 1.54) is 30.6 Å². The van der Waals surface area contributed by atoms with Crippen LogP contribution in [0, 0.1) is 28.6 Å². The molecular weight excluding hydrogens is 132 g/mol. The Bertz CT molecular complexity index is 244. The van der Waals surface area contributed by atoms with Crippen LogP contribution in [0.15, 0.2) is 0 Å². The van der Waals surface area contributed by atoms with Crippen LogP contribution in [0.25, 0.3) is 0 Å². The van der Waals surface area contributed by atoms with Gasteiger partial charge in [0.25, 0.3) is 0 Å². The maximum Gasteiger partial charge on any atom is -0.0165 e. The number of hydrogen-bond acceptors (Lipinski definition) is 0. The zero-order valence-electron chi connectivity index (χ0n) is 7.27. The fourth-order valence-electron chi connectivity index (χ4n) is 5.12. The van der Waals surface area contributed by atoms with E-state index in [0.717, 1.165) is 10.8 Å². The van der Waals surface area contributed by atoms with Gasteiger partial charge < -0.3 is 0 Å². The highest BCUT2D eigenvalue weighted by atomic mass is 15.1. The zero-order valence-corrected chi connectivity index (χ0v) is 7.27. The molecule has 0 aromatic carbocycles. The van der Waals surface area contributed by atoms with Gasteiger partial charge in [0.1, 0.15) is 0 Å². The van der Waals surface area contributed by atoms with E-state index in [9.17, 15) is 0 Å². The Morgan fingerprint density at radius 1 is 1.45 bits per heavy atom. The van der Waals surface area contributed by atoms with Crippen LogP contribution in [0.1, 0.15) is 39.0 Å². The third kappa shape index (κ3) is 0.302. The van der Waals surface area contributed by atoms with Crippen molar-refractivity contribution in [3.63, 3.8) is 0 Å². The van der Waals surface area contributed by atoms with E-state index in [4.69, 9.17) is 0 Å². The summed E-state index contributed by atoms with van der Waals surface area (Å²) in [6.45, 7) is 2.33. The number of unbranched alkanes of at least 4 members (excludes halogenated alkanes) is 1. The summed E-state index contributed by atoms with van der Waals surface area (Å²) in [5, 5.41) is 0. The molecule has 0 amide bonds. The van der Waals surface area contributed by atoms with Crippen LogP contribution >= 0.6 is 0 Å². The molecule has 4 saturated carbocycles. The topological polar surface area (TPSA) is 0 Å². The molecule has 0 aliphatic heterocycles. The van der Waals surface area contributed by atoms with Crippen molar-refractivity contribution in [3.05, 3.63) is 0 Å². The average Bonchev–Trinajstić information content (AvgIpc) is 2.68. The van der Waals surface area contributed by atoms with Crippen LogP contribution in [0.4, 0.5) is 0 Å². The molecule has 0 saturated heterocycles. The molecule has 0 nitrogen and oxygen atoms in total. The lowest BCUT2D eigenvalue weighted by Crippen LogP contribution is -2.42. The Hall–Kier alpha value is 0. The van der Waals surface area contributed by atoms with Crippen LogP contribution in [0.2, 0.25) is 0 Å². The summed E-state index contributed by atoms with van der Waals surface area (Å²) in [7, 11) is 0. The van der Waals surface area contributed by atoms with Gasteiger partial charge in [0.05, 0.1) is 0 Å². The molecule has 5 atom stereocenters. The van der Waals surface area contributed by atoms with Crippen molar-refractivity contribution < 1.29 is 0 Å². The van der Waals surface area contributed by atoms with Crippen LogP contribution in [0.5, 0.6) is 0 Å². The van der Waals surface area contributed by atoms with Gasteiger partial charge in [0.2, 0.25) is 0 Å². The summed E-state index contributed by atoms with van der Waals surface area (Å²) < 4.78 is 0. The molecule has 4 aliphatic rings. The molecule has 4 rings (SSSR count). The molecule has 0 heteroatoms. The second kappa shape index (κ2) is 1.20. The lowest BCUT2D eigenvalue weighted by Gasteiger charge is -2.48. The van der Waals surface area contributed by atoms with Gasteiger partial charge in [-0.25, -0.2) is 0 Å². The monoisotopic (exact) mass is 148 g/mol. The SMILES string of the molecule is CCCCC1C2CC34CC13C24. The van der Waals surface area contributed by atoms with Crippen molar-refractivity contribution in [3.8, 4) is 0 Å². The second-order valence-corrected chi connectivity index (χ2v) is 5.47. The van der Waals surface area contributed by atoms with Crippen LogP contribution in [0.3, 0.4) is 0 Å². The molecular formula is C11H16. The molecule has 5 unspecified atom stereocenters. The molecule has 4 aliphatic carbocycles. The van der Waals surface area contributed by atoms with Gasteiger partial charge in [-0.05, 0) is 47.8 Å². The van der Waals surface area contributed by atoms with Gasteiger partial charge in [-0.15, -0.1) is 0 Å². The predicted molar refractivity (Wildman–Crippen MR) is 44.1 cm³/mol. The largest absolute Gasteiger partial charge is 0.0654 e. The van der Waals surface area contributed by atoms with Crippen molar-refractivity contribution >= 4 is 0 Å². The highest BCUT2D eigenvalue weighted by Gasteiger charge is 3.06. The number of hydrogen-bond donors (Lipinski definition) is 0. The molecule has 0 bridgehead atoms. The summed E-state index contributed by atoms with van der Waals surface area (Å²) >= 11 is 0. The van der Waals surface area contributed by atoms with E-state index in [1.54, 1.807) is 19.3 Å². The van der Waals surface area contributed by atoms with Crippen LogP contribution in [-0.4, -0.2) is 0 Å². The quantitative estimate of drug-likeness (QED) is 0.577. The van der Waals surface area contributed by atoms with Gasteiger partial charge in [-0.2, -0.15) is 0 Å². The summed E-state index contributed by atoms with van der Waals surface area (Å²) in [5.41, 5.74) is 2.07. The van der Waals surface area contributed by atoms with Crippen molar-refractivity contribution in [2.75, 3.05) is 0 Å². The van der Waals surface area contributed by atoms with E-state index in [2.05, 4.69) is 6.92 Å².